The minimum Gasteiger partial charge on any atom is -0.372 e. The van der Waals surface area contributed by atoms with E-state index in [1.807, 2.05) is 49.9 Å². The number of carbonyl (C=O) groups is 1. The molecule has 17 heavy (non-hydrogen) atoms. The van der Waals surface area contributed by atoms with Crippen LogP contribution in [0.3, 0.4) is 0 Å². The highest BCUT2D eigenvalue weighted by Gasteiger charge is 2.26. The summed E-state index contributed by atoms with van der Waals surface area (Å²) < 4.78 is 5.63. The van der Waals surface area contributed by atoms with Crippen LogP contribution in [0.4, 0.5) is 0 Å². The molecule has 1 aliphatic heterocycles. The Kier molecular flexibility index (Phi) is 3.48. The van der Waals surface area contributed by atoms with Crippen molar-refractivity contribution in [1.29, 1.82) is 0 Å². The van der Waals surface area contributed by atoms with Gasteiger partial charge in [-0.25, -0.2) is 0 Å². The van der Waals surface area contributed by atoms with Crippen molar-refractivity contribution >= 4 is 5.91 Å². The lowest BCUT2D eigenvalue weighted by Gasteiger charge is -2.35. The zero-order valence-electron chi connectivity index (χ0n) is 10.6. The van der Waals surface area contributed by atoms with Crippen molar-refractivity contribution in [2.45, 2.75) is 33.0 Å². The highest BCUT2D eigenvalue weighted by Crippen LogP contribution is 2.15. The van der Waals surface area contributed by atoms with Crippen molar-refractivity contribution in [3.8, 4) is 0 Å². The van der Waals surface area contributed by atoms with E-state index in [0.717, 1.165) is 11.1 Å². The van der Waals surface area contributed by atoms with Gasteiger partial charge in [0, 0.05) is 18.7 Å². The van der Waals surface area contributed by atoms with E-state index >= 15 is 0 Å². The Hall–Kier alpha value is -1.35. The van der Waals surface area contributed by atoms with Crippen LogP contribution < -0.4 is 0 Å². The predicted octanol–water partition coefficient (Wildman–Crippen LogP) is 2.24. The van der Waals surface area contributed by atoms with E-state index in [-0.39, 0.29) is 18.1 Å². The first-order valence-electron chi connectivity index (χ1n) is 6.07. The van der Waals surface area contributed by atoms with Gasteiger partial charge in [-0.1, -0.05) is 17.7 Å². The summed E-state index contributed by atoms with van der Waals surface area (Å²) in [5.74, 6) is 0.107. The SMILES string of the molecule is Cc1cccc(C(=O)N2CC(C)OC(C)C2)c1. The molecule has 1 saturated heterocycles. The number of carbonyl (C=O) groups excluding carboxylic acids is 1. The van der Waals surface area contributed by atoms with Crippen molar-refractivity contribution in [1.82, 2.24) is 4.90 Å². The Bertz CT molecular complexity index is 406. The molecule has 1 fully saturated rings. The van der Waals surface area contributed by atoms with Crippen LogP contribution in [0.25, 0.3) is 0 Å². The monoisotopic (exact) mass is 233 g/mol. The third-order valence-corrected chi connectivity index (χ3v) is 2.97. The van der Waals surface area contributed by atoms with E-state index in [4.69, 9.17) is 4.74 Å². The fourth-order valence-electron chi connectivity index (χ4n) is 2.30. The van der Waals surface area contributed by atoms with Crippen molar-refractivity contribution in [2.75, 3.05) is 13.1 Å². The zero-order chi connectivity index (χ0) is 12.4. The molecule has 2 atom stereocenters. The van der Waals surface area contributed by atoms with E-state index in [9.17, 15) is 4.79 Å². The number of benzene rings is 1. The maximum atomic E-state index is 12.3. The molecule has 1 aliphatic rings. The number of hydrogen-bond acceptors (Lipinski definition) is 2. The summed E-state index contributed by atoms with van der Waals surface area (Å²) in [6.45, 7) is 7.37. The molecule has 1 heterocycles. The molecule has 2 rings (SSSR count). The molecular weight excluding hydrogens is 214 g/mol. The zero-order valence-corrected chi connectivity index (χ0v) is 10.6. The molecule has 0 saturated carbocycles. The molecule has 1 amide bonds. The minimum atomic E-state index is 0.107. The van der Waals surface area contributed by atoms with Gasteiger partial charge in [-0.3, -0.25) is 4.79 Å². The Balaban J connectivity index is 2.14. The van der Waals surface area contributed by atoms with Crippen LogP contribution in [-0.2, 0) is 4.74 Å². The Labute approximate surface area is 102 Å². The average molecular weight is 233 g/mol. The second-order valence-corrected chi connectivity index (χ2v) is 4.84. The van der Waals surface area contributed by atoms with Crippen molar-refractivity contribution in [3.63, 3.8) is 0 Å². The molecule has 2 unspecified atom stereocenters. The number of hydrogen-bond donors (Lipinski definition) is 0. The fourth-order valence-corrected chi connectivity index (χ4v) is 2.30. The second-order valence-electron chi connectivity index (χ2n) is 4.84. The maximum absolute atomic E-state index is 12.3. The minimum absolute atomic E-state index is 0.107. The standard InChI is InChI=1S/C14H19NO2/c1-10-5-4-6-13(7-10)14(16)15-8-11(2)17-12(3)9-15/h4-7,11-12H,8-9H2,1-3H3. The summed E-state index contributed by atoms with van der Waals surface area (Å²) in [5.41, 5.74) is 1.89. The van der Waals surface area contributed by atoms with E-state index in [1.54, 1.807) is 0 Å². The van der Waals surface area contributed by atoms with Gasteiger partial charge >= 0.3 is 0 Å². The lowest BCUT2D eigenvalue weighted by Crippen LogP contribution is -2.48. The van der Waals surface area contributed by atoms with Crippen LogP contribution in [0.15, 0.2) is 24.3 Å². The third kappa shape index (κ3) is 2.86. The molecule has 1 aromatic rings. The van der Waals surface area contributed by atoms with Gasteiger partial charge in [0.05, 0.1) is 12.2 Å². The van der Waals surface area contributed by atoms with Crippen LogP contribution in [-0.4, -0.2) is 36.1 Å². The first-order chi connectivity index (χ1) is 8.06. The van der Waals surface area contributed by atoms with Gasteiger partial charge in [-0.15, -0.1) is 0 Å². The number of rotatable bonds is 1. The smallest absolute Gasteiger partial charge is 0.254 e. The van der Waals surface area contributed by atoms with E-state index < -0.39 is 0 Å². The molecule has 0 spiro atoms. The summed E-state index contributed by atoms with van der Waals surface area (Å²) in [7, 11) is 0. The van der Waals surface area contributed by atoms with E-state index in [0.29, 0.717) is 13.1 Å². The van der Waals surface area contributed by atoms with Gasteiger partial charge in [0.15, 0.2) is 0 Å². The molecule has 3 nitrogen and oxygen atoms in total. The quantitative estimate of drug-likeness (QED) is 0.744. The highest BCUT2D eigenvalue weighted by atomic mass is 16.5. The lowest BCUT2D eigenvalue weighted by molar-refractivity contribution is -0.0586. The maximum Gasteiger partial charge on any atom is 0.254 e. The summed E-state index contributed by atoms with van der Waals surface area (Å²) in [4.78, 5) is 14.2. The number of ether oxygens (including phenoxy) is 1. The molecular formula is C14H19NO2. The average Bonchev–Trinajstić information content (AvgIpc) is 2.26. The fraction of sp³-hybridized carbons (Fsp3) is 0.500. The summed E-state index contributed by atoms with van der Waals surface area (Å²) >= 11 is 0. The number of amides is 1. The Morgan fingerprint density at radius 2 is 1.94 bits per heavy atom. The summed E-state index contributed by atoms with van der Waals surface area (Å²) in [5, 5.41) is 0. The van der Waals surface area contributed by atoms with Crippen LogP contribution in [0.5, 0.6) is 0 Å². The summed E-state index contributed by atoms with van der Waals surface area (Å²) in [6, 6.07) is 7.74. The van der Waals surface area contributed by atoms with Gasteiger partial charge in [-0.2, -0.15) is 0 Å². The third-order valence-electron chi connectivity index (χ3n) is 2.97. The number of aryl methyl sites for hydroxylation is 1. The predicted molar refractivity (Wildman–Crippen MR) is 67.1 cm³/mol. The van der Waals surface area contributed by atoms with Gasteiger partial charge in [0.1, 0.15) is 0 Å². The molecule has 3 heteroatoms. The molecule has 0 N–H and O–H groups in total. The molecule has 0 bridgehead atoms. The first kappa shape index (κ1) is 12.1. The lowest BCUT2D eigenvalue weighted by atomic mass is 10.1. The topological polar surface area (TPSA) is 29.5 Å². The van der Waals surface area contributed by atoms with Crippen LogP contribution >= 0.6 is 0 Å². The van der Waals surface area contributed by atoms with Crippen LogP contribution in [0.1, 0.15) is 29.8 Å². The van der Waals surface area contributed by atoms with E-state index in [1.165, 1.54) is 0 Å². The molecule has 0 aliphatic carbocycles. The van der Waals surface area contributed by atoms with Gasteiger partial charge in [0.2, 0.25) is 0 Å². The molecule has 1 aromatic carbocycles. The Morgan fingerprint density at radius 1 is 1.29 bits per heavy atom. The second kappa shape index (κ2) is 4.88. The molecule has 0 radical (unpaired) electrons. The summed E-state index contributed by atoms with van der Waals surface area (Å²) in [6.07, 6.45) is 0.236. The van der Waals surface area contributed by atoms with Crippen molar-refractivity contribution in [2.24, 2.45) is 0 Å². The Morgan fingerprint density at radius 3 is 2.53 bits per heavy atom. The highest BCUT2D eigenvalue weighted by molar-refractivity contribution is 5.94. The van der Waals surface area contributed by atoms with Gasteiger partial charge < -0.3 is 9.64 Å². The van der Waals surface area contributed by atoms with Crippen LogP contribution in [0.2, 0.25) is 0 Å². The molecule has 92 valence electrons. The van der Waals surface area contributed by atoms with Crippen molar-refractivity contribution in [3.05, 3.63) is 35.4 Å². The normalized spacial score (nSPS) is 24.8. The largest absolute Gasteiger partial charge is 0.372 e. The van der Waals surface area contributed by atoms with Crippen molar-refractivity contribution < 1.29 is 9.53 Å². The number of morpholine rings is 1. The van der Waals surface area contributed by atoms with Crippen LogP contribution in [0, 0.1) is 6.92 Å². The molecule has 0 aromatic heterocycles. The number of nitrogens with zero attached hydrogens (tertiary/aromatic N) is 1. The van der Waals surface area contributed by atoms with Gasteiger partial charge in [0.25, 0.3) is 5.91 Å². The van der Waals surface area contributed by atoms with E-state index in [2.05, 4.69) is 0 Å². The van der Waals surface area contributed by atoms with Gasteiger partial charge in [-0.05, 0) is 32.9 Å². The first-order valence-corrected chi connectivity index (χ1v) is 6.07.